The predicted octanol–water partition coefficient (Wildman–Crippen LogP) is 1.42. The summed E-state index contributed by atoms with van der Waals surface area (Å²) in [6, 6.07) is 11.3. The number of nitrogens with zero attached hydrogens (tertiary/aromatic N) is 2. The molecule has 1 heterocycles. The molecular weight excluding hydrogens is 270 g/mol. The average Bonchev–Trinajstić information content (AvgIpc) is 2.96. The fraction of sp³-hybridized carbons (Fsp3) is 0.333. The highest BCUT2D eigenvalue weighted by Crippen LogP contribution is 2.11. The van der Waals surface area contributed by atoms with E-state index in [9.17, 15) is 4.79 Å². The van der Waals surface area contributed by atoms with E-state index < -0.39 is 0 Å². The molecule has 6 heteroatoms. The van der Waals surface area contributed by atoms with Crippen LogP contribution in [0.4, 0.5) is 0 Å². The summed E-state index contributed by atoms with van der Waals surface area (Å²) in [6.45, 7) is 1.63. The van der Waals surface area contributed by atoms with Crippen molar-refractivity contribution >= 4 is 5.91 Å². The number of rotatable bonds is 7. The lowest BCUT2D eigenvalue weighted by molar-refractivity contribution is 0.0737. The van der Waals surface area contributed by atoms with E-state index in [1.807, 2.05) is 30.3 Å². The molecule has 21 heavy (non-hydrogen) atoms. The van der Waals surface area contributed by atoms with Gasteiger partial charge in [0.1, 0.15) is 6.61 Å². The largest absolute Gasteiger partial charge is 0.377 e. The Kier molecular flexibility index (Phi) is 5.48. The van der Waals surface area contributed by atoms with Crippen molar-refractivity contribution in [3.63, 3.8) is 0 Å². The van der Waals surface area contributed by atoms with Gasteiger partial charge in [-0.3, -0.25) is 4.79 Å². The summed E-state index contributed by atoms with van der Waals surface area (Å²) < 4.78 is 10.00. The van der Waals surface area contributed by atoms with Crippen LogP contribution in [0.25, 0.3) is 0 Å². The quantitative estimate of drug-likeness (QED) is 0.833. The van der Waals surface area contributed by atoms with Gasteiger partial charge in [-0.2, -0.15) is 0 Å². The third-order valence-electron chi connectivity index (χ3n) is 2.97. The molecule has 0 aliphatic heterocycles. The summed E-state index contributed by atoms with van der Waals surface area (Å²) in [7, 11) is 1.56. The van der Waals surface area contributed by atoms with Crippen molar-refractivity contribution < 1.29 is 14.1 Å². The Hall–Kier alpha value is -2.18. The van der Waals surface area contributed by atoms with Crippen LogP contribution in [0.15, 0.2) is 40.9 Å². The van der Waals surface area contributed by atoms with Gasteiger partial charge < -0.3 is 19.9 Å². The molecule has 0 spiro atoms. The Morgan fingerprint density at radius 3 is 2.81 bits per heavy atom. The predicted molar refractivity (Wildman–Crippen MR) is 77.5 cm³/mol. The highest BCUT2D eigenvalue weighted by atomic mass is 16.5. The van der Waals surface area contributed by atoms with Gasteiger partial charge >= 0.3 is 0 Å². The van der Waals surface area contributed by atoms with Crippen molar-refractivity contribution in [2.24, 2.45) is 5.73 Å². The van der Waals surface area contributed by atoms with Gasteiger partial charge in [-0.1, -0.05) is 35.5 Å². The Morgan fingerprint density at radius 2 is 2.14 bits per heavy atom. The molecule has 0 aliphatic carbocycles. The maximum atomic E-state index is 12.5. The lowest BCUT2D eigenvalue weighted by Crippen LogP contribution is -2.35. The van der Waals surface area contributed by atoms with Gasteiger partial charge in [0.05, 0.1) is 0 Å². The molecular formula is C15H19N3O3. The Labute approximate surface area is 123 Å². The second-order valence-corrected chi connectivity index (χ2v) is 4.61. The van der Waals surface area contributed by atoms with Crippen molar-refractivity contribution in [2.75, 3.05) is 20.2 Å². The molecule has 0 saturated heterocycles. The molecule has 0 atom stereocenters. The molecule has 0 saturated carbocycles. The van der Waals surface area contributed by atoms with Crippen molar-refractivity contribution in [2.45, 2.75) is 13.2 Å². The minimum Gasteiger partial charge on any atom is -0.377 e. The first kappa shape index (κ1) is 15.2. The second-order valence-electron chi connectivity index (χ2n) is 4.61. The standard InChI is InChI=1S/C15H19N3O3/c1-20-11-13-9-14(17-21-13)15(19)18(8-7-16)10-12-5-3-2-4-6-12/h2-6,9H,7-8,10-11,16H2,1H3. The van der Waals surface area contributed by atoms with Crippen molar-refractivity contribution in [1.29, 1.82) is 0 Å². The zero-order valence-corrected chi connectivity index (χ0v) is 12.0. The normalized spacial score (nSPS) is 10.6. The average molecular weight is 289 g/mol. The number of carbonyl (C=O) groups excluding carboxylic acids is 1. The van der Waals surface area contributed by atoms with Crippen LogP contribution in [0.5, 0.6) is 0 Å². The monoisotopic (exact) mass is 289 g/mol. The maximum absolute atomic E-state index is 12.5. The molecule has 2 N–H and O–H groups in total. The van der Waals surface area contributed by atoms with Gasteiger partial charge in [0.2, 0.25) is 0 Å². The smallest absolute Gasteiger partial charge is 0.276 e. The number of benzene rings is 1. The first-order valence-corrected chi connectivity index (χ1v) is 6.72. The van der Waals surface area contributed by atoms with E-state index >= 15 is 0 Å². The Bertz CT molecular complexity index is 569. The summed E-state index contributed by atoms with van der Waals surface area (Å²) in [6.07, 6.45) is 0. The lowest BCUT2D eigenvalue weighted by Gasteiger charge is -2.20. The van der Waals surface area contributed by atoms with E-state index in [-0.39, 0.29) is 18.2 Å². The number of carbonyl (C=O) groups is 1. The summed E-state index contributed by atoms with van der Waals surface area (Å²) in [5.41, 5.74) is 6.91. The van der Waals surface area contributed by atoms with Crippen molar-refractivity contribution in [1.82, 2.24) is 10.1 Å². The third kappa shape index (κ3) is 4.14. The van der Waals surface area contributed by atoms with E-state index in [0.29, 0.717) is 25.4 Å². The van der Waals surface area contributed by atoms with Gasteiger partial charge in [-0.25, -0.2) is 0 Å². The number of hydrogen-bond donors (Lipinski definition) is 1. The number of hydrogen-bond acceptors (Lipinski definition) is 5. The highest BCUT2D eigenvalue weighted by molar-refractivity contribution is 5.92. The zero-order chi connectivity index (χ0) is 15.1. The summed E-state index contributed by atoms with van der Waals surface area (Å²) in [4.78, 5) is 14.1. The minimum atomic E-state index is -0.199. The number of ether oxygens (including phenoxy) is 1. The molecule has 112 valence electrons. The fourth-order valence-electron chi connectivity index (χ4n) is 2.00. The number of amides is 1. The van der Waals surface area contributed by atoms with Crippen molar-refractivity contribution in [3.8, 4) is 0 Å². The summed E-state index contributed by atoms with van der Waals surface area (Å²) in [5, 5.41) is 3.79. The Morgan fingerprint density at radius 1 is 1.38 bits per heavy atom. The molecule has 2 aromatic rings. The van der Waals surface area contributed by atoms with Crippen LogP contribution < -0.4 is 5.73 Å². The second kappa shape index (κ2) is 7.56. The molecule has 0 aliphatic rings. The van der Waals surface area contributed by atoms with E-state index in [2.05, 4.69) is 5.16 Å². The van der Waals surface area contributed by atoms with Gasteiger partial charge in [0, 0.05) is 32.8 Å². The molecule has 2 rings (SSSR count). The van der Waals surface area contributed by atoms with E-state index in [4.69, 9.17) is 15.0 Å². The first-order valence-electron chi connectivity index (χ1n) is 6.72. The SMILES string of the molecule is COCc1cc(C(=O)N(CCN)Cc2ccccc2)no1. The van der Waals surface area contributed by atoms with Crippen LogP contribution in [-0.4, -0.2) is 36.2 Å². The highest BCUT2D eigenvalue weighted by Gasteiger charge is 2.19. The van der Waals surface area contributed by atoms with Gasteiger partial charge in [0.15, 0.2) is 11.5 Å². The van der Waals surface area contributed by atoms with E-state index in [0.717, 1.165) is 5.56 Å². The van der Waals surface area contributed by atoms with Gasteiger partial charge in [-0.15, -0.1) is 0 Å². The van der Waals surface area contributed by atoms with E-state index in [1.165, 1.54) is 0 Å². The summed E-state index contributed by atoms with van der Waals surface area (Å²) >= 11 is 0. The minimum absolute atomic E-state index is 0.199. The van der Waals surface area contributed by atoms with Crippen LogP contribution in [0.3, 0.4) is 0 Å². The molecule has 0 radical (unpaired) electrons. The third-order valence-corrected chi connectivity index (χ3v) is 2.97. The zero-order valence-electron chi connectivity index (χ0n) is 12.0. The molecule has 1 aromatic carbocycles. The van der Waals surface area contributed by atoms with Crippen molar-refractivity contribution in [3.05, 3.63) is 53.4 Å². The fourth-order valence-corrected chi connectivity index (χ4v) is 2.00. The topological polar surface area (TPSA) is 81.6 Å². The molecule has 0 fully saturated rings. The van der Waals surface area contributed by atoms with Crippen LogP contribution in [-0.2, 0) is 17.9 Å². The molecule has 0 unspecified atom stereocenters. The van der Waals surface area contributed by atoms with Gasteiger partial charge in [-0.05, 0) is 5.56 Å². The van der Waals surface area contributed by atoms with Crippen LogP contribution in [0.2, 0.25) is 0 Å². The molecule has 1 amide bonds. The van der Waals surface area contributed by atoms with Crippen LogP contribution in [0, 0.1) is 0 Å². The Balaban J connectivity index is 2.10. The molecule has 6 nitrogen and oxygen atoms in total. The maximum Gasteiger partial charge on any atom is 0.276 e. The lowest BCUT2D eigenvalue weighted by atomic mass is 10.2. The van der Waals surface area contributed by atoms with Crippen LogP contribution >= 0.6 is 0 Å². The number of aromatic nitrogens is 1. The number of methoxy groups -OCH3 is 1. The molecule has 1 aromatic heterocycles. The number of nitrogens with two attached hydrogens (primary N) is 1. The van der Waals surface area contributed by atoms with Crippen LogP contribution in [0.1, 0.15) is 21.8 Å². The van der Waals surface area contributed by atoms with Gasteiger partial charge in [0.25, 0.3) is 5.91 Å². The summed E-state index contributed by atoms with van der Waals surface area (Å²) in [5.74, 6) is 0.323. The van der Waals surface area contributed by atoms with E-state index in [1.54, 1.807) is 18.1 Å². The molecule has 0 bridgehead atoms. The first-order chi connectivity index (χ1) is 10.2.